The molecule has 0 aromatic heterocycles. The van der Waals surface area contributed by atoms with Crippen molar-refractivity contribution in [3.8, 4) is 0 Å². The molecule has 0 aliphatic carbocycles. The van der Waals surface area contributed by atoms with E-state index in [-0.39, 0.29) is 11.5 Å². The van der Waals surface area contributed by atoms with Crippen LogP contribution >= 0.6 is 0 Å². The molecule has 2 rings (SSSR count). The minimum atomic E-state index is -0.401. The van der Waals surface area contributed by atoms with Gasteiger partial charge in [0, 0.05) is 18.2 Å². The Labute approximate surface area is 116 Å². The highest BCUT2D eigenvalue weighted by atomic mass is 19.1. The normalized spacial score (nSPS) is 10.3. The second-order valence-electron chi connectivity index (χ2n) is 4.55. The van der Waals surface area contributed by atoms with Gasteiger partial charge in [0.2, 0.25) is 0 Å². The molecule has 0 spiro atoms. The van der Waals surface area contributed by atoms with Gasteiger partial charge in [0.15, 0.2) is 0 Å². The second kappa shape index (κ2) is 6.14. The van der Waals surface area contributed by atoms with Crippen LogP contribution in [0, 0.1) is 22.9 Å². The Hall–Kier alpha value is -2.43. The molecule has 0 saturated heterocycles. The summed E-state index contributed by atoms with van der Waals surface area (Å²) in [5.74, 6) is -0.312. The van der Waals surface area contributed by atoms with Crippen LogP contribution in [0.3, 0.4) is 0 Å². The van der Waals surface area contributed by atoms with Crippen LogP contribution in [0.25, 0.3) is 0 Å². The smallest absolute Gasteiger partial charge is 0.272 e. The number of aryl methyl sites for hydroxylation is 1. The van der Waals surface area contributed by atoms with E-state index in [9.17, 15) is 14.5 Å². The Kier molecular flexibility index (Phi) is 4.30. The van der Waals surface area contributed by atoms with Crippen molar-refractivity contribution in [3.63, 3.8) is 0 Å². The van der Waals surface area contributed by atoms with Crippen LogP contribution in [-0.2, 0) is 6.42 Å². The zero-order chi connectivity index (χ0) is 14.5. The maximum Gasteiger partial charge on any atom is 0.272 e. The number of hydrogen-bond donors (Lipinski definition) is 1. The molecule has 0 saturated carbocycles. The maximum atomic E-state index is 13.6. The maximum absolute atomic E-state index is 13.6. The highest BCUT2D eigenvalue weighted by molar-refractivity contribution is 5.47. The molecule has 1 N–H and O–H groups in total. The molecule has 2 aromatic carbocycles. The van der Waals surface area contributed by atoms with Crippen LogP contribution < -0.4 is 5.32 Å². The van der Waals surface area contributed by atoms with Gasteiger partial charge in [-0.15, -0.1) is 0 Å². The lowest BCUT2D eigenvalue weighted by Crippen LogP contribution is -2.07. The number of benzene rings is 2. The summed E-state index contributed by atoms with van der Waals surface area (Å²) >= 11 is 0. The number of nitro groups is 1. The third-order valence-corrected chi connectivity index (χ3v) is 3.02. The Morgan fingerprint density at radius 3 is 2.70 bits per heavy atom. The summed E-state index contributed by atoms with van der Waals surface area (Å²) < 4.78 is 13.6. The summed E-state index contributed by atoms with van der Waals surface area (Å²) in [7, 11) is 0. The highest BCUT2D eigenvalue weighted by Crippen LogP contribution is 2.19. The standard InChI is InChI=1S/C15H15FN2O2/c1-11-6-7-14(13(16)10-11)17-9-8-12-4-2-3-5-15(12)18(19)20/h2-7,10,17H,8-9H2,1H3. The van der Waals surface area contributed by atoms with Gasteiger partial charge in [0.1, 0.15) is 5.82 Å². The molecule has 0 bridgehead atoms. The molecule has 0 unspecified atom stereocenters. The van der Waals surface area contributed by atoms with Gasteiger partial charge in [-0.25, -0.2) is 4.39 Å². The number of nitrogens with one attached hydrogen (secondary N) is 1. The zero-order valence-corrected chi connectivity index (χ0v) is 11.1. The van der Waals surface area contributed by atoms with Crippen molar-refractivity contribution in [1.29, 1.82) is 0 Å². The summed E-state index contributed by atoms with van der Waals surface area (Å²) in [6.07, 6.45) is 0.463. The summed E-state index contributed by atoms with van der Waals surface area (Å²) in [6, 6.07) is 11.5. The summed E-state index contributed by atoms with van der Waals surface area (Å²) in [6.45, 7) is 2.25. The van der Waals surface area contributed by atoms with E-state index < -0.39 is 4.92 Å². The number of hydrogen-bond acceptors (Lipinski definition) is 3. The van der Waals surface area contributed by atoms with E-state index in [0.29, 0.717) is 24.2 Å². The van der Waals surface area contributed by atoms with Crippen LogP contribution in [0.15, 0.2) is 42.5 Å². The second-order valence-corrected chi connectivity index (χ2v) is 4.55. The minimum Gasteiger partial charge on any atom is -0.382 e. The molecule has 0 aliphatic rings. The van der Waals surface area contributed by atoms with Crippen LogP contribution in [0.2, 0.25) is 0 Å². The van der Waals surface area contributed by atoms with Crippen molar-refractivity contribution >= 4 is 11.4 Å². The fraction of sp³-hybridized carbons (Fsp3) is 0.200. The van der Waals surface area contributed by atoms with Gasteiger partial charge < -0.3 is 5.32 Å². The molecular weight excluding hydrogens is 259 g/mol. The van der Waals surface area contributed by atoms with E-state index in [2.05, 4.69) is 5.32 Å². The first-order chi connectivity index (χ1) is 9.58. The van der Waals surface area contributed by atoms with Gasteiger partial charge in [0.25, 0.3) is 5.69 Å². The monoisotopic (exact) mass is 274 g/mol. The fourth-order valence-corrected chi connectivity index (χ4v) is 2.00. The van der Waals surface area contributed by atoms with Crippen molar-refractivity contribution in [2.45, 2.75) is 13.3 Å². The first-order valence-corrected chi connectivity index (χ1v) is 6.30. The molecule has 0 atom stereocenters. The van der Waals surface area contributed by atoms with Crippen LogP contribution in [0.5, 0.6) is 0 Å². The Balaban J connectivity index is 2.01. The minimum absolute atomic E-state index is 0.0960. The van der Waals surface area contributed by atoms with E-state index in [1.165, 1.54) is 12.1 Å². The molecular formula is C15H15FN2O2. The summed E-state index contributed by atoms with van der Waals surface area (Å²) in [5, 5.41) is 13.8. The van der Waals surface area contributed by atoms with Gasteiger partial charge >= 0.3 is 0 Å². The molecule has 0 fully saturated rings. The topological polar surface area (TPSA) is 55.2 Å². The van der Waals surface area contributed by atoms with Gasteiger partial charge in [-0.2, -0.15) is 0 Å². The van der Waals surface area contributed by atoms with Crippen molar-refractivity contribution < 1.29 is 9.31 Å². The highest BCUT2D eigenvalue weighted by Gasteiger charge is 2.11. The third-order valence-electron chi connectivity index (χ3n) is 3.02. The van der Waals surface area contributed by atoms with Crippen molar-refractivity contribution in [3.05, 3.63) is 69.5 Å². The van der Waals surface area contributed by atoms with Crippen molar-refractivity contribution in [2.75, 3.05) is 11.9 Å². The number of nitrogens with zero attached hydrogens (tertiary/aromatic N) is 1. The molecule has 0 radical (unpaired) electrons. The van der Waals surface area contributed by atoms with E-state index >= 15 is 0 Å². The zero-order valence-electron chi connectivity index (χ0n) is 11.1. The first-order valence-electron chi connectivity index (χ1n) is 6.30. The van der Waals surface area contributed by atoms with Gasteiger partial charge in [-0.3, -0.25) is 10.1 Å². The number of halogens is 1. The Morgan fingerprint density at radius 2 is 2.00 bits per heavy atom. The number of rotatable bonds is 5. The average molecular weight is 274 g/mol. The summed E-state index contributed by atoms with van der Waals surface area (Å²) in [4.78, 5) is 10.5. The van der Waals surface area contributed by atoms with Gasteiger partial charge in [-0.05, 0) is 31.0 Å². The molecule has 104 valence electrons. The van der Waals surface area contributed by atoms with Crippen molar-refractivity contribution in [2.24, 2.45) is 0 Å². The van der Waals surface area contributed by atoms with Crippen LogP contribution in [0.1, 0.15) is 11.1 Å². The molecule has 20 heavy (non-hydrogen) atoms. The molecule has 0 aliphatic heterocycles. The van der Waals surface area contributed by atoms with E-state index in [4.69, 9.17) is 0 Å². The quantitative estimate of drug-likeness (QED) is 0.668. The van der Waals surface area contributed by atoms with Crippen LogP contribution in [0.4, 0.5) is 15.8 Å². The lowest BCUT2D eigenvalue weighted by atomic mass is 10.1. The summed E-state index contributed by atoms with van der Waals surface area (Å²) in [5.41, 5.74) is 2.00. The van der Waals surface area contributed by atoms with E-state index in [0.717, 1.165) is 5.56 Å². The van der Waals surface area contributed by atoms with E-state index in [1.807, 2.05) is 13.0 Å². The molecule has 2 aromatic rings. The largest absolute Gasteiger partial charge is 0.382 e. The fourth-order valence-electron chi connectivity index (χ4n) is 2.00. The van der Waals surface area contributed by atoms with Gasteiger partial charge in [0.05, 0.1) is 10.6 Å². The molecule has 5 heteroatoms. The lowest BCUT2D eigenvalue weighted by Gasteiger charge is -2.08. The first kappa shape index (κ1) is 14.0. The van der Waals surface area contributed by atoms with Crippen LogP contribution in [-0.4, -0.2) is 11.5 Å². The lowest BCUT2D eigenvalue weighted by molar-refractivity contribution is -0.385. The molecule has 0 amide bonds. The number of anilines is 1. The third kappa shape index (κ3) is 3.32. The Bertz CT molecular complexity index is 629. The average Bonchev–Trinajstić information content (AvgIpc) is 2.41. The predicted octanol–water partition coefficient (Wildman–Crippen LogP) is 3.70. The SMILES string of the molecule is Cc1ccc(NCCc2ccccc2[N+](=O)[O-])c(F)c1. The molecule has 0 heterocycles. The number of nitro benzene ring substituents is 1. The predicted molar refractivity (Wildman–Crippen MR) is 76.4 cm³/mol. The van der Waals surface area contributed by atoms with Crippen molar-refractivity contribution in [1.82, 2.24) is 0 Å². The van der Waals surface area contributed by atoms with Gasteiger partial charge in [-0.1, -0.05) is 24.3 Å². The van der Waals surface area contributed by atoms with E-state index in [1.54, 1.807) is 24.3 Å². The Morgan fingerprint density at radius 1 is 1.25 bits per heavy atom. The molecule has 4 nitrogen and oxygen atoms in total. The number of para-hydroxylation sites is 1.